The molecule has 1 aromatic heterocycles. The minimum Gasteiger partial charge on any atom is -0.481 e. The lowest BCUT2D eigenvalue weighted by Crippen LogP contribution is -2.21. The predicted octanol–water partition coefficient (Wildman–Crippen LogP) is 2.52. The zero-order valence-corrected chi connectivity index (χ0v) is 13.7. The average molecular weight is 352 g/mol. The van der Waals surface area contributed by atoms with E-state index in [9.17, 15) is 23.7 Å². The van der Waals surface area contributed by atoms with Gasteiger partial charge in [0.2, 0.25) is 7.37 Å². The molecule has 128 valence electrons. The molecule has 0 amide bonds. The van der Waals surface area contributed by atoms with E-state index in [1.165, 1.54) is 30.5 Å². The van der Waals surface area contributed by atoms with E-state index in [0.29, 0.717) is 16.9 Å². The third-order valence-corrected chi connectivity index (χ3v) is 5.40. The van der Waals surface area contributed by atoms with Gasteiger partial charge in [0.05, 0.1) is 5.92 Å². The zero-order chi connectivity index (χ0) is 17.7. The van der Waals surface area contributed by atoms with Crippen molar-refractivity contribution in [2.45, 2.75) is 12.6 Å². The highest BCUT2D eigenvalue weighted by atomic mass is 31.2. The number of hydrogen-bond donors (Lipinski definition) is 3. The van der Waals surface area contributed by atoms with Gasteiger partial charge in [0.1, 0.15) is 11.6 Å². The Bertz CT molecular complexity index is 750. The summed E-state index contributed by atoms with van der Waals surface area (Å²) < 4.78 is 25.3. The molecular formula is C16H18FN2O4P. The van der Waals surface area contributed by atoms with Crippen LogP contribution in [0.5, 0.6) is 0 Å². The maximum atomic E-state index is 12.9. The van der Waals surface area contributed by atoms with Crippen molar-refractivity contribution in [3.8, 4) is 0 Å². The summed E-state index contributed by atoms with van der Waals surface area (Å²) in [4.78, 5) is 25.4. The molecular weight excluding hydrogens is 334 g/mol. The monoisotopic (exact) mass is 352 g/mol. The maximum absolute atomic E-state index is 12.9. The Morgan fingerprint density at radius 1 is 1.21 bits per heavy atom. The maximum Gasteiger partial charge on any atom is 0.307 e. The standard InChI is InChI=1S/C16H18FN2O4P/c17-14-4-1-11(2-5-14)9-24(22,23)10-13(16(20)21)7-12-3-6-15(18)19-8-12/h1-6,8,13H,7,9-10H2,(H2,18,19)(H,20,21)(H,22,23). The minimum atomic E-state index is -3.73. The Morgan fingerprint density at radius 3 is 2.38 bits per heavy atom. The molecule has 0 bridgehead atoms. The molecule has 6 nitrogen and oxygen atoms in total. The Balaban J connectivity index is 2.07. The highest BCUT2D eigenvalue weighted by Crippen LogP contribution is 2.46. The summed E-state index contributed by atoms with van der Waals surface area (Å²) >= 11 is 0. The lowest BCUT2D eigenvalue weighted by atomic mass is 10.0. The smallest absolute Gasteiger partial charge is 0.307 e. The van der Waals surface area contributed by atoms with Gasteiger partial charge in [-0.15, -0.1) is 0 Å². The van der Waals surface area contributed by atoms with Gasteiger partial charge in [0.15, 0.2) is 0 Å². The first-order valence-electron chi connectivity index (χ1n) is 7.24. The second kappa shape index (κ2) is 7.55. The third kappa shape index (κ3) is 5.44. The largest absolute Gasteiger partial charge is 0.481 e. The van der Waals surface area contributed by atoms with Crippen LogP contribution in [-0.4, -0.2) is 27.1 Å². The highest BCUT2D eigenvalue weighted by molar-refractivity contribution is 7.57. The average Bonchev–Trinajstić information content (AvgIpc) is 2.50. The Morgan fingerprint density at radius 2 is 1.83 bits per heavy atom. The summed E-state index contributed by atoms with van der Waals surface area (Å²) in [5, 5.41) is 9.33. The highest BCUT2D eigenvalue weighted by Gasteiger charge is 2.29. The fraction of sp³-hybridized carbons (Fsp3) is 0.250. The lowest BCUT2D eigenvalue weighted by molar-refractivity contribution is -0.141. The van der Waals surface area contributed by atoms with Gasteiger partial charge in [0.25, 0.3) is 0 Å². The summed E-state index contributed by atoms with van der Waals surface area (Å²) in [5.74, 6) is -2.30. The number of carboxylic acid groups (broad SMARTS) is 1. The van der Waals surface area contributed by atoms with E-state index < -0.39 is 25.1 Å². The number of carboxylic acids is 1. The number of hydrogen-bond acceptors (Lipinski definition) is 4. The van der Waals surface area contributed by atoms with E-state index in [2.05, 4.69) is 4.98 Å². The van der Waals surface area contributed by atoms with Crippen molar-refractivity contribution in [2.24, 2.45) is 5.92 Å². The van der Waals surface area contributed by atoms with E-state index in [0.717, 1.165) is 0 Å². The number of halogens is 1. The molecule has 4 N–H and O–H groups in total. The summed E-state index contributed by atoms with van der Waals surface area (Å²) in [6.45, 7) is 0. The Kier molecular flexibility index (Phi) is 5.70. The molecule has 0 saturated carbocycles. The number of aromatic nitrogens is 1. The van der Waals surface area contributed by atoms with Crippen LogP contribution in [0.1, 0.15) is 11.1 Å². The summed E-state index contributed by atoms with van der Waals surface area (Å²) in [6, 6.07) is 8.41. The third-order valence-electron chi connectivity index (χ3n) is 3.53. The number of nitrogens with two attached hydrogens (primary N) is 1. The van der Waals surface area contributed by atoms with Crippen LogP contribution in [0.25, 0.3) is 0 Å². The van der Waals surface area contributed by atoms with Crippen LogP contribution in [0.3, 0.4) is 0 Å². The Labute approximate surface area is 138 Å². The van der Waals surface area contributed by atoms with Crippen LogP contribution in [-0.2, 0) is 21.9 Å². The topological polar surface area (TPSA) is 114 Å². The van der Waals surface area contributed by atoms with Gasteiger partial charge in [-0.2, -0.15) is 0 Å². The van der Waals surface area contributed by atoms with Gasteiger partial charge in [-0.05, 0) is 35.7 Å². The van der Waals surface area contributed by atoms with Gasteiger partial charge in [-0.1, -0.05) is 18.2 Å². The quantitative estimate of drug-likeness (QED) is 0.660. The van der Waals surface area contributed by atoms with E-state index in [1.54, 1.807) is 12.1 Å². The van der Waals surface area contributed by atoms with Crippen molar-refractivity contribution in [3.05, 3.63) is 59.5 Å². The van der Waals surface area contributed by atoms with E-state index >= 15 is 0 Å². The van der Waals surface area contributed by atoms with Crippen LogP contribution < -0.4 is 5.73 Å². The fourth-order valence-corrected chi connectivity index (χ4v) is 4.24. The van der Waals surface area contributed by atoms with Crippen molar-refractivity contribution < 1.29 is 23.7 Å². The molecule has 0 saturated heterocycles. The van der Waals surface area contributed by atoms with E-state index in [-0.39, 0.29) is 18.7 Å². The molecule has 0 spiro atoms. The molecule has 0 fully saturated rings. The summed E-state index contributed by atoms with van der Waals surface area (Å²) in [7, 11) is -3.73. The molecule has 0 aliphatic heterocycles. The molecule has 0 radical (unpaired) electrons. The number of pyridine rings is 1. The molecule has 2 aromatic rings. The predicted molar refractivity (Wildman–Crippen MR) is 88.3 cm³/mol. The SMILES string of the molecule is Nc1ccc(CC(CP(=O)(O)Cc2ccc(F)cc2)C(=O)O)cn1. The number of benzene rings is 1. The molecule has 1 aromatic carbocycles. The first-order valence-corrected chi connectivity index (χ1v) is 9.27. The Hall–Kier alpha value is -2.24. The van der Waals surface area contributed by atoms with Crippen LogP contribution in [0.2, 0.25) is 0 Å². The lowest BCUT2D eigenvalue weighted by Gasteiger charge is -2.17. The molecule has 8 heteroatoms. The molecule has 1 heterocycles. The zero-order valence-electron chi connectivity index (χ0n) is 12.8. The van der Waals surface area contributed by atoms with Gasteiger partial charge in [0, 0.05) is 18.5 Å². The van der Waals surface area contributed by atoms with Crippen LogP contribution in [0, 0.1) is 11.7 Å². The normalized spacial score (nSPS) is 14.8. The van der Waals surface area contributed by atoms with Crippen molar-refractivity contribution in [1.29, 1.82) is 0 Å². The number of anilines is 1. The van der Waals surface area contributed by atoms with Gasteiger partial charge < -0.3 is 15.7 Å². The van der Waals surface area contributed by atoms with Crippen molar-refractivity contribution >= 4 is 19.2 Å². The molecule has 0 aliphatic carbocycles. The number of aliphatic carboxylic acids is 1. The van der Waals surface area contributed by atoms with Gasteiger partial charge >= 0.3 is 5.97 Å². The first-order chi connectivity index (χ1) is 11.2. The van der Waals surface area contributed by atoms with Crippen LogP contribution in [0.4, 0.5) is 10.2 Å². The van der Waals surface area contributed by atoms with Crippen molar-refractivity contribution in [2.75, 3.05) is 11.9 Å². The fourth-order valence-electron chi connectivity index (χ4n) is 2.36. The number of nitrogen functional groups attached to an aromatic ring is 1. The minimum absolute atomic E-state index is 0.0799. The second-order valence-corrected chi connectivity index (χ2v) is 8.02. The van der Waals surface area contributed by atoms with E-state index in [4.69, 9.17) is 5.73 Å². The van der Waals surface area contributed by atoms with E-state index in [1.807, 2.05) is 0 Å². The van der Waals surface area contributed by atoms with Crippen molar-refractivity contribution in [1.82, 2.24) is 4.98 Å². The van der Waals surface area contributed by atoms with Gasteiger partial charge in [-0.3, -0.25) is 9.36 Å². The molecule has 0 aliphatic rings. The molecule has 2 atom stereocenters. The van der Waals surface area contributed by atoms with Crippen LogP contribution >= 0.6 is 7.37 Å². The summed E-state index contributed by atoms with van der Waals surface area (Å²) in [6.07, 6.45) is 0.964. The number of rotatable bonds is 7. The van der Waals surface area contributed by atoms with Gasteiger partial charge in [-0.25, -0.2) is 9.37 Å². The summed E-state index contributed by atoms with van der Waals surface area (Å²) in [5.41, 5.74) is 6.59. The first kappa shape index (κ1) is 18.1. The van der Waals surface area contributed by atoms with Crippen molar-refractivity contribution in [3.63, 3.8) is 0 Å². The molecule has 2 unspecified atom stereocenters. The molecule has 2 rings (SSSR count). The number of carbonyl (C=O) groups is 1. The molecule has 24 heavy (non-hydrogen) atoms. The van der Waals surface area contributed by atoms with Crippen LogP contribution in [0.15, 0.2) is 42.6 Å². The second-order valence-electron chi connectivity index (χ2n) is 5.64. The number of nitrogens with zero attached hydrogens (tertiary/aromatic N) is 1.